The molecule has 0 aromatic rings. The lowest BCUT2D eigenvalue weighted by Crippen LogP contribution is -2.44. The second kappa shape index (κ2) is 5.15. The summed E-state index contributed by atoms with van der Waals surface area (Å²) in [5.41, 5.74) is -0.231. The Kier molecular flexibility index (Phi) is 4.14. The van der Waals surface area contributed by atoms with Gasteiger partial charge in [-0.25, -0.2) is 0 Å². The summed E-state index contributed by atoms with van der Waals surface area (Å²) in [5, 5.41) is 3.27. The molecule has 14 heavy (non-hydrogen) atoms. The molecule has 1 aliphatic heterocycles. The minimum Gasteiger partial charge on any atom is -0.459 e. The third-order valence-corrected chi connectivity index (χ3v) is 2.68. The third-order valence-electron chi connectivity index (χ3n) is 2.68. The van der Waals surface area contributed by atoms with Crippen LogP contribution in [0.4, 0.5) is 0 Å². The van der Waals surface area contributed by atoms with Gasteiger partial charge in [-0.2, -0.15) is 0 Å². The van der Waals surface area contributed by atoms with Crippen molar-refractivity contribution in [2.45, 2.75) is 38.2 Å². The standard InChI is InChI=1S/C11H19NO2/c1-3-4-5-11(14-10(2)13)6-8-12-9-7-11/h3,12H,1,4-9H2,2H3. The van der Waals surface area contributed by atoms with Gasteiger partial charge in [0.25, 0.3) is 0 Å². The van der Waals surface area contributed by atoms with E-state index in [1.807, 2.05) is 6.08 Å². The lowest BCUT2D eigenvalue weighted by molar-refractivity contribution is -0.160. The van der Waals surface area contributed by atoms with Crippen molar-refractivity contribution >= 4 is 5.97 Å². The second-order valence-electron chi connectivity index (χ2n) is 3.85. The minimum absolute atomic E-state index is 0.170. The van der Waals surface area contributed by atoms with Crippen LogP contribution in [0.25, 0.3) is 0 Å². The summed E-state index contributed by atoms with van der Waals surface area (Å²) in [6, 6.07) is 0. The molecule has 0 unspecified atom stereocenters. The monoisotopic (exact) mass is 197 g/mol. The zero-order chi connectivity index (χ0) is 10.4. The van der Waals surface area contributed by atoms with Crippen LogP contribution in [0.2, 0.25) is 0 Å². The Morgan fingerprint density at radius 3 is 2.71 bits per heavy atom. The van der Waals surface area contributed by atoms with Crippen molar-refractivity contribution in [1.82, 2.24) is 5.32 Å². The Hall–Kier alpha value is -0.830. The number of esters is 1. The van der Waals surface area contributed by atoms with Crippen LogP contribution in [0, 0.1) is 0 Å². The van der Waals surface area contributed by atoms with Gasteiger partial charge in [0.2, 0.25) is 0 Å². The largest absolute Gasteiger partial charge is 0.459 e. The number of carbonyl (C=O) groups is 1. The first-order valence-electron chi connectivity index (χ1n) is 5.20. The maximum absolute atomic E-state index is 11.0. The fourth-order valence-corrected chi connectivity index (χ4v) is 1.96. The smallest absolute Gasteiger partial charge is 0.303 e. The predicted octanol–water partition coefficient (Wildman–Crippen LogP) is 1.64. The van der Waals surface area contributed by atoms with E-state index in [0.29, 0.717) is 0 Å². The number of carbonyl (C=O) groups excluding carboxylic acids is 1. The Labute approximate surface area is 85.5 Å². The van der Waals surface area contributed by atoms with Crippen LogP contribution in [-0.2, 0) is 9.53 Å². The molecule has 0 saturated carbocycles. The third kappa shape index (κ3) is 3.14. The van der Waals surface area contributed by atoms with Crippen molar-refractivity contribution in [2.75, 3.05) is 13.1 Å². The molecule has 0 radical (unpaired) electrons. The molecule has 0 aromatic heterocycles. The van der Waals surface area contributed by atoms with Gasteiger partial charge in [0.15, 0.2) is 0 Å². The molecule has 80 valence electrons. The highest BCUT2D eigenvalue weighted by Gasteiger charge is 2.34. The van der Waals surface area contributed by atoms with Crippen LogP contribution < -0.4 is 5.32 Å². The van der Waals surface area contributed by atoms with E-state index < -0.39 is 0 Å². The van der Waals surface area contributed by atoms with Crippen molar-refractivity contribution in [3.63, 3.8) is 0 Å². The topological polar surface area (TPSA) is 38.3 Å². The van der Waals surface area contributed by atoms with Crippen LogP contribution in [0.3, 0.4) is 0 Å². The van der Waals surface area contributed by atoms with E-state index in [1.165, 1.54) is 6.92 Å². The Morgan fingerprint density at radius 1 is 1.57 bits per heavy atom. The van der Waals surface area contributed by atoms with Gasteiger partial charge in [-0.1, -0.05) is 6.08 Å². The molecule has 0 amide bonds. The van der Waals surface area contributed by atoms with E-state index in [2.05, 4.69) is 11.9 Å². The van der Waals surface area contributed by atoms with Gasteiger partial charge in [-0.3, -0.25) is 4.79 Å². The van der Waals surface area contributed by atoms with E-state index in [0.717, 1.165) is 38.8 Å². The summed E-state index contributed by atoms with van der Waals surface area (Å²) in [6.07, 6.45) is 5.53. The minimum atomic E-state index is -0.231. The van der Waals surface area contributed by atoms with E-state index >= 15 is 0 Å². The summed E-state index contributed by atoms with van der Waals surface area (Å²) >= 11 is 0. The highest BCUT2D eigenvalue weighted by Crippen LogP contribution is 2.28. The van der Waals surface area contributed by atoms with Gasteiger partial charge in [-0.15, -0.1) is 6.58 Å². The highest BCUT2D eigenvalue weighted by molar-refractivity contribution is 5.66. The lowest BCUT2D eigenvalue weighted by Gasteiger charge is -2.36. The van der Waals surface area contributed by atoms with E-state index in [-0.39, 0.29) is 11.6 Å². The van der Waals surface area contributed by atoms with Crippen molar-refractivity contribution in [3.05, 3.63) is 12.7 Å². The SMILES string of the molecule is C=CCCC1(OC(C)=O)CCNCC1. The number of hydrogen-bond donors (Lipinski definition) is 1. The second-order valence-corrected chi connectivity index (χ2v) is 3.85. The molecule has 1 fully saturated rings. The molecular formula is C11H19NO2. The number of piperidine rings is 1. The van der Waals surface area contributed by atoms with Crippen molar-refractivity contribution in [3.8, 4) is 0 Å². The normalized spacial score (nSPS) is 20.1. The first kappa shape index (κ1) is 11.2. The first-order chi connectivity index (χ1) is 6.68. The molecule has 1 saturated heterocycles. The summed E-state index contributed by atoms with van der Waals surface area (Å²) in [7, 11) is 0. The molecule has 0 atom stereocenters. The lowest BCUT2D eigenvalue weighted by atomic mass is 9.87. The fourth-order valence-electron chi connectivity index (χ4n) is 1.96. The van der Waals surface area contributed by atoms with Gasteiger partial charge in [0.1, 0.15) is 5.60 Å². The van der Waals surface area contributed by atoms with E-state index in [9.17, 15) is 4.79 Å². The molecule has 0 aromatic carbocycles. The number of rotatable bonds is 4. The van der Waals surface area contributed by atoms with Crippen molar-refractivity contribution in [1.29, 1.82) is 0 Å². The number of allylic oxidation sites excluding steroid dienone is 1. The molecule has 1 heterocycles. The Balaban J connectivity index is 2.56. The Morgan fingerprint density at radius 2 is 2.21 bits per heavy atom. The van der Waals surface area contributed by atoms with Crippen LogP contribution in [0.15, 0.2) is 12.7 Å². The van der Waals surface area contributed by atoms with Crippen LogP contribution >= 0.6 is 0 Å². The highest BCUT2D eigenvalue weighted by atomic mass is 16.6. The summed E-state index contributed by atoms with van der Waals surface area (Å²) in [5.74, 6) is -0.170. The number of hydrogen-bond acceptors (Lipinski definition) is 3. The molecule has 3 heteroatoms. The molecule has 1 N–H and O–H groups in total. The van der Waals surface area contributed by atoms with Gasteiger partial charge in [0, 0.05) is 6.92 Å². The van der Waals surface area contributed by atoms with Gasteiger partial charge in [0.05, 0.1) is 0 Å². The van der Waals surface area contributed by atoms with Crippen LogP contribution in [-0.4, -0.2) is 24.7 Å². The van der Waals surface area contributed by atoms with Gasteiger partial charge in [-0.05, 0) is 38.8 Å². The molecule has 1 rings (SSSR count). The average Bonchev–Trinajstić information content (AvgIpc) is 2.15. The van der Waals surface area contributed by atoms with E-state index in [4.69, 9.17) is 4.74 Å². The molecule has 0 bridgehead atoms. The maximum atomic E-state index is 11.0. The number of ether oxygens (including phenoxy) is 1. The molecule has 0 spiro atoms. The first-order valence-corrected chi connectivity index (χ1v) is 5.20. The van der Waals surface area contributed by atoms with Crippen LogP contribution in [0.1, 0.15) is 32.6 Å². The molecule has 0 aliphatic carbocycles. The predicted molar refractivity (Wildman–Crippen MR) is 56.0 cm³/mol. The van der Waals surface area contributed by atoms with Gasteiger partial charge >= 0.3 is 5.97 Å². The quantitative estimate of drug-likeness (QED) is 0.550. The van der Waals surface area contributed by atoms with Crippen LogP contribution in [0.5, 0.6) is 0 Å². The molecule has 1 aliphatic rings. The molecular weight excluding hydrogens is 178 g/mol. The van der Waals surface area contributed by atoms with Crippen molar-refractivity contribution in [2.24, 2.45) is 0 Å². The van der Waals surface area contributed by atoms with E-state index in [1.54, 1.807) is 0 Å². The summed E-state index contributed by atoms with van der Waals surface area (Å²) < 4.78 is 5.45. The molecule has 3 nitrogen and oxygen atoms in total. The maximum Gasteiger partial charge on any atom is 0.303 e. The van der Waals surface area contributed by atoms with Gasteiger partial charge < -0.3 is 10.1 Å². The summed E-state index contributed by atoms with van der Waals surface area (Å²) in [4.78, 5) is 11.0. The summed E-state index contributed by atoms with van der Waals surface area (Å²) in [6.45, 7) is 7.05. The number of nitrogens with one attached hydrogen (secondary N) is 1. The Bertz CT molecular complexity index is 207. The zero-order valence-electron chi connectivity index (χ0n) is 8.84. The zero-order valence-corrected chi connectivity index (χ0v) is 8.84. The average molecular weight is 197 g/mol. The fraction of sp³-hybridized carbons (Fsp3) is 0.727. The van der Waals surface area contributed by atoms with Crippen molar-refractivity contribution < 1.29 is 9.53 Å².